The number of nitrogens with one attached hydrogen (secondary N) is 1. The van der Waals surface area contributed by atoms with E-state index in [0.717, 1.165) is 6.42 Å². The van der Waals surface area contributed by atoms with E-state index in [1.165, 1.54) is 11.3 Å². The molecule has 1 amide bonds. The summed E-state index contributed by atoms with van der Waals surface area (Å²) in [5.41, 5.74) is 1.53. The molecule has 1 atom stereocenters. The molecule has 1 aromatic heterocycles. The van der Waals surface area contributed by atoms with Gasteiger partial charge in [0.2, 0.25) is 0 Å². The molecule has 138 valence electrons. The van der Waals surface area contributed by atoms with Crippen LogP contribution in [0.15, 0.2) is 23.6 Å². The number of carbonyl (C=O) groups is 2. The molecule has 26 heavy (non-hydrogen) atoms. The number of halogens is 2. The average molecular weight is 414 g/mol. The molecule has 1 unspecified atom stereocenters. The molecular formula is C18H17Cl2NO4S. The molecule has 3 rings (SSSR count). The second-order valence-corrected chi connectivity index (χ2v) is 7.41. The normalized spacial score (nSPS) is 16.5. The summed E-state index contributed by atoms with van der Waals surface area (Å²) in [7, 11) is 0. The fourth-order valence-electron chi connectivity index (χ4n) is 2.74. The molecule has 1 aliphatic heterocycles. The zero-order valence-electron chi connectivity index (χ0n) is 14.0. The number of amides is 1. The van der Waals surface area contributed by atoms with E-state index in [2.05, 4.69) is 5.32 Å². The van der Waals surface area contributed by atoms with Crippen LogP contribution in [0.4, 0.5) is 5.00 Å². The van der Waals surface area contributed by atoms with Gasteiger partial charge in [-0.15, -0.1) is 11.3 Å². The maximum absolute atomic E-state index is 12.5. The Morgan fingerprint density at radius 2 is 2.15 bits per heavy atom. The number of hydrogen-bond acceptors (Lipinski definition) is 5. The Hall–Kier alpha value is -1.60. The minimum Gasteiger partial charge on any atom is -0.462 e. The van der Waals surface area contributed by atoms with Gasteiger partial charge in [0.25, 0.3) is 5.91 Å². The molecule has 5 nitrogen and oxygen atoms in total. The van der Waals surface area contributed by atoms with Crippen LogP contribution in [0.3, 0.4) is 0 Å². The van der Waals surface area contributed by atoms with Crippen LogP contribution in [-0.4, -0.2) is 31.2 Å². The highest BCUT2D eigenvalue weighted by molar-refractivity contribution is 7.15. The fraction of sp³-hybridized carbons (Fsp3) is 0.333. The van der Waals surface area contributed by atoms with Gasteiger partial charge in [-0.2, -0.15) is 0 Å². The number of anilines is 1. The second-order valence-electron chi connectivity index (χ2n) is 5.69. The quantitative estimate of drug-likeness (QED) is 0.699. The maximum atomic E-state index is 12.5. The van der Waals surface area contributed by atoms with Crippen molar-refractivity contribution in [2.24, 2.45) is 0 Å². The molecule has 1 aliphatic rings. The number of rotatable bonds is 5. The predicted molar refractivity (Wildman–Crippen MR) is 103 cm³/mol. The minimum absolute atomic E-state index is 0.224. The van der Waals surface area contributed by atoms with E-state index < -0.39 is 12.1 Å². The van der Waals surface area contributed by atoms with Crippen molar-refractivity contribution >= 4 is 51.4 Å². The average Bonchev–Trinajstić information content (AvgIpc) is 3.25. The Bertz CT molecular complexity index is 831. The van der Waals surface area contributed by atoms with Gasteiger partial charge >= 0.3 is 5.97 Å². The monoisotopic (exact) mass is 413 g/mol. The predicted octanol–water partition coefficient (Wildman–Crippen LogP) is 5.02. The first-order chi connectivity index (χ1) is 12.5. The first-order valence-corrected chi connectivity index (χ1v) is 9.81. The first-order valence-electron chi connectivity index (χ1n) is 8.17. The van der Waals surface area contributed by atoms with Gasteiger partial charge in [0, 0.05) is 33.2 Å². The van der Waals surface area contributed by atoms with Crippen molar-refractivity contribution in [2.45, 2.75) is 25.9 Å². The summed E-state index contributed by atoms with van der Waals surface area (Å²) >= 11 is 13.5. The molecule has 0 bridgehead atoms. The van der Waals surface area contributed by atoms with E-state index in [9.17, 15) is 9.59 Å². The Balaban J connectivity index is 1.98. The number of benzene rings is 1. The topological polar surface area (TPSA) is 64.6 Å². The van der Waals surface area contributed by atoms with Crippen molar-refractivity contribution in [1.29, 1.82) is 0 Å². The summed E-state index contributed by atoms with van der Waals surface area (Å²) < 4.78 is 10.6. The van der Waals surface area contributed by atoms with Crippen LogP contribution < -0.4 is 5.32 Å². The lowest BCUT2D eigenvalue weighted by atomic mass is 10.0. The molecule has 0 aliphatic carbocycles. The Labute approximate surface area is 165 Å². The van der Waals surface area contributed by atoms with Crippen molar-refractivity contribution in [3.63, 3.8) is 0 Å². The summed E-state index contributed by atoms with van der Waals surface area (Å²) in [6, 6.07) is 5.04. The Kier molecular flexibility index (Phi) is 6.19. The van der Waals surface area contributed by atoms with E-state index in [1.54, 1.807) is 30.5 Å². The molecule has 2 aromatic rings. The number of hydrogen-bond donors (Lipinski definition) is 1. The smallest absolute Gasteiger partial charge is 0.341 e. The van der Waals surface area contributed by atoms with E-state index in [4.69, 9.17) is 32.7 Å². The summed E-state index contributed by atoms with van der Waals surface area (Å²) in [4.78, 5) is 24.9. The third kappa shape index (κ3) is 4.04. The Morgan fingerprint density at radius 1 is 1.35 bits per heavy atom. The van der Waals surface area contributed by atoms with E-state index in [1.807, 2.05) is 0 Å². The number of carbonyl (C=O) groups excluding carboxylic acids is 2. The summed E-state index contributed by atoms with van der Waals surface area (Å²) in [5.74, 6) is -0.777. The summed E-state index contributed by atoms with van der Waals surface area (Å²) in [6.45, 7) is 2.52. The van der Waals surface area contributed by atoms with E-state index in [-0.39, 0.29) is 18.1 Å². The van der Waals surface area contributed by atoms with Gasteiger partial charge in [-0.1, -0.05) is 29.3 Å². The van der Waals surface area contributed by atoms with Gasteiger partial charge in [-0.3, -0.25) is 4.79 Å². The number of esters is 1. The zero-order valence-corrected chi connectivity index (χ0v) is 16.3. The van der Waals surface area contributed by atoms with Crippen molar-refractivity contribution in [3.05, 3.63) is 39.2 Å². The third-order valence-electron chi connectivity index (χ3n) is 3.95. The van der Waals surface area contributed by atoms with Gasteiger partial charge in [0.15, 0.2) is 0 Å². The molecule has 0 spiro atoms. The molecule has 0 saturated carbocycles. The molecule has 1 fully saturated rings. The van der Waals surface area contributed by atoms with Gasteiger partial charge < -0.3 is 14.8 Å². The van der Waals surface area contributed by atoms with Crippen LogP contribution in [0.2, 0.25) is 10.0 Å². The van der Waals surface area contributed by atoms with Gasteiger partial charge in [-0.25, -0.2) is 4.79 Å². The number of thiophene rings is 1. The second kappa shape index (κ2) is 8.39. The fourth-order valence-corrected chi connectivity index (χ4v) is 4.20. The Morgan fingerprint density at radius 3 is 2.81 bits per heavy atom. The zero-order chi connectivity index (χ0) is 18.7. The number of ether oxygens (including phenoxy) is 2. The largest absolute Gasteiger partial charge is 0.462 e. The van der Waals surface area contributed by atoms with Crippen LogP contribution >= 0.6 is 34.5 Å². The molecule has 2 heterocycles. The van der Waals surface area contributed by atoms with Crippen LogP contribution in [0.1, 0.15) is 30.1 Å². The van der Waals surface area contributed by atoms with Gasteiger partial charge in [-0.05, 0) is 31.9 Å². The molecule has 1 aromatic carbocycles. The standard InChI is InChI=1S/C18H17Cl2NO4S/c1-2-24-18(23)15-12(11-6-5-10(19)8-13(11)20)9-26-17(15)21-16(22)14-4-3-7-25-14/h5-6,8-9,14H,2-4,7H2,1H3,(H,21,22). The molecule has 1 N–H and O–H groups in total. The minimum atomic E-state index is -0.516. The molecule has 1 saturated heterocycles. The highest BCUT2D eigenvalue weighted by Gasteiger charge is 2.28. The molecule has 8 heteroatoms. The van der Waals surface area contributed by atoms with Gasteiger partial charge in [0.1, 0.15) is 16.7 Å². The highest BCUT2D eigenvalue weighted by atomic mass is 35.5. The maximum Gasteiger partial charge on any atom is 0.341 e. The van der Waals surface area contributed by atoms with Crippen LogP contribution in [0.25, 0.3) is 11.1 Å². The first kappa shape index (κ1) is 19.2. The van der Waals surface area contributed by atoms with Crippen LogP contribution in [0.5, 0.6) is 0 Å². The van der Waals surface area contributed by atoms with Crippen molar-refractivity contribution < 1.29 is 19.1 Å². The lowest BCUT2D eigenvalue weighted by molar-refractivity contribution is -0.124. The third-order valence-corrected chi connectivity index (χ3v) is 5.39. The van der Waals surface area contributed by atoms with E-state index >= 15 is 0 Å². The highest BCUT2D eigenvalue weighted by Crippen LogP contribution is 2.40. The van der Waals surface area contributed by atoms with Gasteiger partial charge in [0.05, 0.1) is 6.61 Å². The van der Waals surface area contributed by atoms with Crippen molar-refractivity contribution in [2.75, 3.05) is 18.5 Å². The van der Waals surface area contributed by atoms with Crippen LogP contribution in [-0.2, 0) is 14.3 Å². The summed E-state index contributed by atoms with van der Waals surface area (Å²) in [6.07, 6.45) is 1.02. The van der Waals surface area contributed by atoms with E-state index in [0.29, 0.717) is 39.2 Å². The summed E-state index contributed by atoms with van der Waals surface area (Å²) in [5, 5.41) is 5.90. The molecular weight excluding hydrogens is 397 g/mol. The van der Waals surface area contributed by atoms with Crippen LogP contribution in [0, 0.1) is 0 Å². The lowest BCUT2D eigenvalue weighted by Gasteiger charge is -2.12. The van der Waals surface area contributed by atoms with Crippen molar-refractivity contribution in [3.8, 4) is 11.1 Å². The lowest BCUT2D eigenvalue weighted by Crippen LogP contribution is -2.27. The van der Waals surface area contributed by atoms with Crippen molar-refractivity contribution in [1.82, 2.24) is 0 Å². The molecule has 0 radical (unpaired) electrons. The SMILES string of the molecule is CCOC(=O)c1c(-c2ccc(Cl)cc2Cl)csc1NC(=O)C1CCCO1.